The van der Waals surface area contributed by atoms with Crippen molar-refractivity contribution < 1.29 is 23.9 Å². The molecule has 3 aliphatic heterocycles. The van der Waals surface area contributed by atoms with Gasteiger partial charge in [-0.2, -0.15) is 0 Å². The van der Waals surface area contributed by atoms with Crippen LogP contribution in [0.2, 0.25) is 0 Å². The molecule has 0 aromatic heterocycles. The fourth-order valence-electron chi connectivity index (χ4n) is 7.79. The zero-order chi connectivity index (χ0) is 30.3. The van der Waals surface area contributed by atoms with Gasteiger partial charge in [-0.25, -0.2) is 0 Å². The number of methoxy groups -OCH3 is 1. The van der Waals surface area contributed by atoms with E-state index in [1.54, 1.807) is 36.3 Å². The van der Waals surface area contributed by atoms with Gasteiger partial charge in [0, 0.05) is 17.8 Å². The number of nitrogens with zero attached hydrogens (tertiary/aromatic N) is 1. The predicted octanol–water partition coefficient (Wildman–Crippen LogP) is 4.75. The van der Waals surface area contributed by atoms with E-state index in [9.17, 15) is 14.4 Å². The van der Waals surface area contributed by atoms with Crippen molar-refractivity contribution in [2.75, 3.05) is 12.4 Å². The minimum absolute atomic E-state index is 0.0417. The Morgan fingerprint density at radius 2 is 1.81 bits per heavy atom. The molecule has 9 atom stereocenters. The Morgan fingerprint density at radius 3 is 2.53 bits per heavy atom. The Bertz CT molecular complexity index is 1380. The summed E-state index contributed by atoms with van der Waals surface area (Å²) < 4.78 is 11.8. The van der Waals surface area contributed by atoms with Crippen LogP contribution in [0, 0.1) is 23.7 Å². The van der Waals surface area contributed by atoms with Crippen molar-refractivity contribution in [1.29, 1.82) is 0 Å². The normalized spacial score (nSPS) is 33.3. The fourth-order valence-corrected chi connectivity index (χ4v) is 7.79. The number of carbonyl (C=O) groups excluding carboxylic acids is 3. The van der Waals surface area contributed by atoms with Crippen LogP contribution in [0.1, 0.15) is 52.0 Å². The highest BCUT2D eigenvalue weighted by Gasteiger charge is 2.73. The lowest BCUT2D eigenvalue weighted by Crippen LogP contribution is -2.59. The van der Waals surface area contributed by atoms with Crippen LogP contribution in [0.25, 0.3) is 0 Å². The molecule has 3 heterocycles. The zero-order valence-electron chi connectivity index (χ0n) is 25.5. The van der Waals surface area contributed by atoms with Crippen molar-refractivity contribution in [2.45, 2.75) is 82.7 Å². The van der Waals surface area contributed by atoms with Gasteiger partial charge in [0.15, 0.2) is 0 Å². The van der Waals surface area contributed by atoms with Gasteiger partial charge in [0.25, 0.3) is 0 Å². The summed E-state index contributed by atoms with van der Waals surface area (Å²) in [5.74, 6) is -0.639. The number of benzene rings is 2. The molecule has 43 heavy (non-hydrogen) atoms. The lowest BCUT2D eigenvalue weighted by Gasteiger charge is -2.39. The minimum Gasteiger partial charge on any atom is -0.497 e. The molecular weight excluding hydrogens is 542 g/mol. The molecule has 2 aromatic rings. The second-order valence-corrected chi connectivity index (χ2v) is 12.9. The summed E-state index contributed by atoms with van der Waals surface area (Å²) in [6.45, 7) is 6.45. The number of ether oxygens (including phenoxy) is 2. The Kier molecular flexibility index (Phi) is 8.07. The molecular formula is C35H43N3O5. The Morgan fingerprint density at radius 1 is 1.07 bits per heavy atom. The second kappa shape index (κ2) is 11.8. The maximum absolute atomic E-state index is 14.4. The highest BCUT2D eigenvalue weighted by Crippen LogP contribution is 2.56. The average molecular weight is 586 g/mol. The molecule has 1 aliphatic carbocycles. The first-order valence-corrected chi connectivity index (χ1v) is 15.7. The largest absolute Gasteiger partial charge is 0.497 e. The molecule has 0 radical (unpaired) electrons. The first-order chi connectivity index (χ1) is 20.7. The van der Waals surface area contributed by atoms with Crippen LogP contribution in [-0.2, 0) is 25.5 Å². The SMILES string of the molecule is COc1ccc(NC(=O)[C@@H]2[C@@H]3C=C[C@]4(O3)[C@@H]2C(=O)N([C@@H](C)CCc2ccccc2)[C@H]4C(=O)N[C@@H]2CCC[C@H](C)[C@H]2C)cc1. The van der Waals surface area contributed by atoms with E-state index in [4.69, 9.17) is 9.47 Å². The molecule has 1 spiro atoms. The molecule has 8 nitrogen and oxygen atoms in total. The molecule has 2 aromatic carbocycles. The monoisotopic (exact) mass is 585 g/mol. The maximum Gasteiger partial charge on any atom is 0.246 e. The molecule has 3 fully saturated rings. The molecule has 4 aliphatic rings. The van der Waals surface area contributed by atoms with E-state index >= 15 is 0 Å². The molecule has 2 saturated heterocycles. The van der Waals surface area contributed by atoms with Crippen LogP contribution in [0.3, 0.4) is 0 Å². The third-order valence-electron chi connectivity index (χ3n) is 10.4. The topological polar surface area (TPSA) is 97.0 Å². The number of fused-ring (bicyclic) bond motifs is 1. The summed E-state index contributed by atoms with van der Waals surface area (Å²) >= 11 is 0. The Balaban J connectivity index is 1.29. The molecule has 0 unspecified atom stereocenters. The molecule has 6 rings (SSSR count). The van der Waals surface area contributed by atoms with Gasteiger partial charge in [-0.15, -0.1) is 0 Å². The number of nitrogens with one attached hydrogen (secondary N) is 2. The van der Waals surface area contributed by atoms with E-state index in [-0.39, 0.29) is 29.8 Å². The summed E-state index contributed by atoms with van der Waals surface area (Å²) in [4.78, 5) is 44.3. The van der Waals surface area contributed by atoms with Gasteiger partial charge in [-0.1, -0.05) is 69.2 Å². The number of hydrogen-bond acceptors (Lipinski definition) is 5. The van der Waals surface area contributed by atoms with E-state index in [0.717, 1.165) is 25.7 Å². The average Bonchev–Trinajstić information content (AvgIpc) is 3.66. The Labute approximate surface area is 254 Å². The quantitative estimate of drug-likeness (QED) is 0.414. The van der Waals surface area contributed by atoms with Crippen LogP contribution >= 0.6 is 0 Å². The number of hydrogen-bond donors (Lipinski definition) is 2. The summed E-state index contributed by atoms with van der Waals surface area (Å²) in [5.41, 5.74) is 0.609. The van der Waals surface area contributed by atoms with Gasteiger partial charge in [0.1, 0.15) is 17.4 Å². The second-order valence-electron chi connectivity index (χ2n) is 12.9. The van der Waals surface area contributed by atoms with Crippen molar-refractivity contribution >= 4 is 23.4 Å². The molecule has 2 bridgehead atoms. The highest BCUT2D eigenvalue weighted by molar-refractivity contribution is 6.03. The van der Waals surface area contributed by atoms with Gasteiger partial charge < -0.3 is 25.0 Å². The van der Waals surface area contributed by atoms with Crippen LogP contribution in [-0.4, -0.2) is 59.6 Å². The number of rotatable bonds is 9. The first-order valence-electron chi connectivity index (χ1n) is 15.7. The predicted molar refractivity (Wildman–Crippen MR) is 164 cm³/mol. The number of anilines is 1. The number of likely N-dealkylation sites (tertiary alicyclic amines) is 1. The van der Waals surface area contributed by atoms with E-state index in [2.05, 4.69) is 36.6 Å². The molecule has 3 amide bonds. The van der Waals surface area contributed by atoms with Crippen LogP contribution < -0.4 is 15.4 Å². The lowest BCUT2D eigenvalue weighted by molar-refractivity contribution is -0.144. The van der Waals surface area contributed by atoms with E-state index in [0.29, 0.717) is 29.7 Å². The van der Waals surface area contributed by atoms with Crippen molar-refractivity contribution in [3.05, 3.63) is 72.3 Å². The van der Waals surface area contributed by atoms with Gasteiger partial charge >= 0.3 is 0 Å². The molecule has 1 saturated carbocycles. The number of amides is 3. The summed E-state index contributed by atoms with van der Waals surface area (Å²) in [6, 6.07) is 16.2. The van der Waals surface area contributed by atoms with Gasteiger partial charge in [-0.3, -0.25) is 14.4 Å². The summed E-state index contributed by atoms with van der Waals surface area (Å²) in [7, 11) is 1.59. The van der Waals surface area contributed by atoms with Gasteiger partial charge in [0.2, 0.25) is 17.7 Å². The molecule has 2 N–H and O–H groups in total. The molecule has 228 valence electrons. The van der Waals surface area contributed by atoms with Gasteiger partial charge in [-0.05, 0) is 67.9 Å². The lowest BCUT2D eigenvalue weighted by atomic mass is 9.73. The van der Waals surface area contributed by atoms with Crippen molar-refractivity contribution in [3.8, 4) is 5.75 Å². The van der Waals surface area contributed by atoms with Gasteiger partial charge in [0.05, 0.1) is 25.0 Å². The first kappa shape index (κ1) is 29.4. The van der Waals surface area contributed by atoms with E-state index < -0.39 is 29.6 Å². The summed E-state index contributed by atoms with van der Waals surface area (Å²) in [6.07, 6.45) is 7.79. The van der Waals surface area contributed by atoms with Crippen LogP contribution in [0.15, 0.2) is 66.7 Å². The zero-order valence-corrected chi connectivity index (χ0v) is 25.5. The third kappa shape index (κ3) is 5.24. The van der Waals surface area contributed by atoms with Crippen molar-refractivity contribution in [2.24, 2.45) is 23.7 Å². The van der Waals surface area contributed by atoms with Crippen molar-refractivity contribution in [3.63, 3.8) is 0 Å². The molecule has 8 heteroatoms. The van der Waals surface area contributed by atoms with Crippen LogP contribution in [0.5, 0.6) is 5.75 Å². The fraction of sp³-hybridized carbons (Fsp3) is 0.514. The summed E-state index contributed by atoms with van der Waals surface area (Å²) in [5, 5.41) is 6.33. The maximum atomic E-state index is 14.4. The Hall–Kier alpha value is -3.65. The van der Waals surface area contributed by atoms with E-state index in [1.165, 1.54) is 5.56 Å². The highest BCUT2D eigenvalue weighted by atomic mass is 16.5. The van der Waals surface area contributed by atoms with Crippen LogP contribution in [0.4, 0.5) is 5.69 Å². The third-order valence-corrected chi connectivity index (χ3v) is 10.4. The number of aryl methyl sites for hydroxylation is 1. The number of carbonyl (C=O) groups is 3. The standard InChI is InChI=1S/C35H43N3O5/c1-21-9-8-12-27(23(21)3)37-33(40)31-35-20-19-28(43-35)29(32(39)36-25-15-17-26(42-4)18-16-25)30(35)34(41)38(31)22(2)13-14-24-10-6-5-7-11-24/h5-7,10-11,15-23,27-31H,8-9,12-14H2,1-4H3,(H,36,39)(H,37,40)/t21-,22-,23+,27+,28-,29+,30-,31-,35-/m0/s1. The minimum atomic E-state index is -1.18. The van der Waals surface area contributed by atoms with Crippen molar-refractivity contribution in [1.82, 2.24) is 10.2 Å². The smallest absolute Gasteiger partial charge is 0.246 e. The van der Waals surface area contributed by atoms with E-state index in [1.807, 2.05) is 37.3 Å².